The Balaban J connectivity index is 2.15. The molecule has 0 spiro atoms. The fraction of sp³-hybridized carbons (Fsp3) is 0.125. The standard InChI is InChI=1S/C8H7N3O/c1-2-4-7(5-3-1)6-8-9-10-11-12-8/h1-5H,6H2. The van der Waals surface area contributed by atoms with Gasteiger partial charge in [-0.15, -0.1) is 0 Å². The van der Waals surface area contributed by atoms with Gasteiger partial charge < -0.3 is 4.52 Å². The minimum atomic E-state index is 0.543. The van der Waals surface area contributed by atoms with E-state index in [1.807, 2.05) is 30.3 Å². The van der Waals surface area contributed by atoms with Gasteiger partial charge in [-0.1, -0.05) is 35.4 Å². The molecule has 1 aromatic carbocycles. The Kier molecular flexibility index (Phi) is 1.82. The van der Waals surface area contributed by atoms with Crippen LogP contribution in [0.5, 0.6) is 0 Å². The molecule has 1 aromatic heterocycles. The van der Waals surface area contributed by atoms with Gasteiger partial charge in [0.25, 0.3) is 5.89 Å². The molecule has 60 valence electrons. The second kappa shape index (κ2) is 3.13. The Morgan fingerprint density at radius 3 is 2.67 bits per heavy atom. The Hall–Kier alpha value is -1.71. The highest BCUT2D eigenvalue weighted by Crippen LogP contribution is 2.04. The molecule has 0 amide bonds. The topological polar surface area (TPSA) is 51.8 Å². The zero-order valence-electron chi connectivity index (χ0n) is 6.34. The van der Waals surface area contributed by atoms with Gasteiger partial charge in [0.2, 0.25) is 0 Å². The molecule has 0 N–H and O–H groups in total. The maximum absolute atomic E-state index is 4.77. The van der Waals surface area contributed by atoms with Gasteiger partial charge in [0.15, 0.2) is 0 Å². The van der Waals surface area contributed by atoms with Crippen LogP contribution in [0, 0.1) is 0 Å². The lowest BCUT2D eigenvalue weighted by molar-refractivity contribution is 0.366. The zero-order chi connectivity index (χ0) is 8.23. The lowest BCUT2D eigenvalue weighted by atomic mass is 10.2. The molecule has 1 heterocycles. The number of aromatic nitrogens is 3. The first-order valence-corrected chi connectivity index (χ1v) is 3.63. The Bertz CT molecular complexity index is 330. The van der Waals surface area contributed by atoms with Crippen LogP contribution in [0.3, 0.4) is 0 Å². The number of nitrogens with zero attached hydrogens (tertiary/aromatic N) is 3. The van der Waals surface area contributed by atoms with Gasteiger partial charge in [-0.2, -0.15) is 0 Å². The van der Waals surface area contributed by atoms with Crippen LogP contribution in [0.15, 0.2) is 34.9 Å². The second-order valence-corrected chi connectivity index (χ2v) is 2.42. The average Bonchev–Trinajstić information content (AvgIpc) is 2.59. The largest absolute Gasteiger partial charge is 0.320 e. The van der Waals surface area contributed by atoms with Gasteiger partial charge in [-0.05, 0) is 10.8 Å². The number of rotatable bonds is 2. The summed E-state index contributed by atoms with van der Waals surface area (Å²) < 4.78 is 4.77. The number of benzene rings is 1. The van der Waals surface area contributed by atoms with Crippen LogP contribution in [-0.2, 0) is 6.42 Å². The third-order valence-electron chi connectivity index (χ3n) is 1.54. The van der Waals surface area contributed by atoms with Crippen molar-refractivity contribution in [1.29, 1.82) is 0 Å². The van der Waals surface area contributed by atoms with Crippen molar-refractivity contribution in [3.63, 3.8) is 0 Å². The van der Waals surface area contributed by atoms with E-state index >= 15 is 0 Å². The number of hydrogen-bond acceptors (Lipinski definition) is 4. The molecule has 12 heavy (non-hydrogen) atoms. The fourth-order valence-electron chi connectivity index (χ4n) is 0.990. The van der Waals surface area contributed by atoms with Crippen molar-refractivity contribution < 1.29 is 4.52 Å². The molecule has 0 unspecified atom stereocenters. The van der Waals surface area contributed by atoms with E-state index in [0.717, 1.165) is 5.56 Å². The quantitative estimate of drug-likeness (QED) is 0.660. The van der Waals surface area contributed by atoms with Crippen LogP contribution in [0.2, 0.25) is 0 Å². The summed E-state index contributed by atoms with van der Waals surface area (Å²) in [4.78, 5) is 0. The molecule has 4 nitrogen and oxygen atoms in total. The minimum absolute atomic E-state index is 0.543. The van der Waals surface area contributed by atoms with Crippen molar-refractivity contribution >= 4 is 0 Å². The summed E-state index contributed by atoms with van der Waals surface area (Å²) in [6.07, 6.45) is 0.647. The zero-order valence-corrected chi connectivity index (χ0v) is 6.34. The van der Waals surface area contributed by atoms with Crippen molar-refractivity contribution in [3.05, 3.63) is 41.8 Å². The lowest BCUT2D eigenvalue weighted by Crippen LogP contribution is -1.87. The van der Waals surface area contributed by atoms with E-state index < -0.39 is 0 Å². The molecule has 4 heteroatoms. The molecular weight excluding hydrogens is 154 g/mol. The van der Waals surface area contributed by atoms with Gasteiger partial charge in [-0.3, -0.25) is 0 Å². The molecular formula is C8H7N3O. The van der Waals surface area contributed by atoms with Crippen molar-refractivity contribution in [2.75, 3.05) is 0 Å². The van der Waals surface area contributed by atoms with Crippen LogP contribution in [0.1, 0.15) is 11.5 Å². The van der Waals surface area contributed by atoms with Gasteiger partial charge >= 0.3 is 0 Å². The van der Waals surface area contributed by atoms with E-state index in [1.165, 1.54) is 0 Å². The van der Waals surface area contributed by atoms with Crippen LogP contribution in [-0.4, -0.2) is 15.6 Å². The number of hydrogen-bond donors (Lipinski definition) is 0. The second-order valence-electron chi connectivity index (χ2n) is 2.42. The van der Waals surface area contributed by atoms with Gasteiger partial charge in [0.05, 0.1) is 11.7 Å². The summed E-state index contributed by atoms with van der Waals surface area (Å²) >= 11 is 0. The van der Waals surface area contributed by atoms with Crippen molar-refractivity contribution in [2.45, 2.75) is 6.42 Å². The van der Waals surface area contributed by atoms with E-state index in [-0.39, 0.29) is 0 Å². The van der Waals surface area contributed by atoms with Crippen LogP contribution >= 0.6 is 0 Å². The average molecular weight is 161 g/mol. The third kappa shape index (κ3) is 1.47. The fourth-order valence-corrected chi connectivity index (χ4v) is 0.990. The van der Waals surface area contributed by atoms with Gasteiger partial charge in [0.1, 0.15) is 0 Å². The summed E-state index contributed by atoms with van der Waals surface area (Å²) in [5.74, 6) is 0.543. The van der Waals surface area contributed by atoms with Gasteiger partial charge in [-0.25, -0.2) is 0 Å². The van der Waals surface area contributed by atoms with Crippen LogP contribution in [0.4, 0.5) is 0 Å². The van der Waals surface area contributed by atoms with Crippen molar-refractivity contribution in [3.8, 4) is 0 Å². The summed E-state index contributed by atoms with van der Waals surface area (Å²) in [5, 5.41) is 10.3. The Morgan fingerprint density at radius 2 is 2.00 bits per heavy atom. The third-order valence-corrected chi connectivity index (χ3v) is 1.54. The van der Waals surface area contributed by atoms with Crippen LogP contribution < -0.4 is 0 Å². The first-order valence-electron chi connectivity index (χ1n) is 3.63. The molecule has 0 saturated heterocycles. The van der Waals surface area contributed by atoms with Gasteiger partial charge in [0, 0.05) is 0 Å². The summed E-state index contributed by atoms with van der Waals surface area (Å²) in [7, 11) is 0. The molecule has 0 bridgehead atoms. The highest BCUT2D eigenvalue weighted by Gasteiger charge is 2.00. The Morgan fingerprint density at radius 1 is 1.17 bits per heavy atom. The molecule has 2 aromatic rings. The predicted octanol–water partition coefficient (Wildman–Crippen LogP) is 1.06. The summed E-state index contributed by atoms with van der Waals surface area (Å²) in [6.45, 7) is 0. The SMILES string of the molecule is c1ccc(Cc2nnno2)cc1. The molecule has 0 radical (unpaired) electrons. The van der Waals surface area contributed by atoms with Crippen molar-refractivity contribution in [2.24, 2.45) is 0 Å². The molecule has 0 atom stereocenters. The molecule has 0 saturated carbocycles. The maximum Gasteiger partial charge on any atom is 0.252 e. The first kappa shape index (κ1) is 6.97. The summed E-state index contributed by atoms with van der Waals surface area (Å²) in [5.41, 5.74) is 1.14. The molecule has 0 aliphatic rings. The monoisotopic (exact) mass is 161 g/mol. The molecule has 2 rings (SSSR count). The lowest BCUT2D eigenvalue weighted by Gasteiger charge is -1.92. The minimum Gasteiger partial charge on any atom is -0.320 e. The summed E-state index contributed by atoms with van der Waals surface area (Å²) in [6, 6.07) is 9.92. The molecule has 0 aliphatic heterocycles. The smallest absolute Gasteiger partial charge is 0.252 e. The van der Waals surface area contributed by atoms with Crippen LogP contribution in [0.25, 0.3) is 0 Å². The predicted molar refractivity (Wildman–Crippen MR) is 41.3 cm³/mol. The normalized spacial score (nSPS) is 10.0. The van der Waals surface area contributed by atoms with E-state index in [2.05, 4.69) is 15.6 Å². The van der Waals surface area contributed by atoms with Crippen molar-refractivity contribution in [1.82, 2.24) is 15.6 Å². The Labute approximate surface area is 69.2 Å². The maximum atomic E-state index is 4.77. The van der Waals surface area contributed by atoms with E-state index in [9.17, 15) is 0 Å². The van der Waals surface area contributed by atoms with E-state index in [0.29, 0.717) is 12.3 Å². The van der Waals surface area contributed by atoms with E-state index in [1.54, 1.807) is 0 Å². The first-order chi connectivity index (χ1) is 5.95. The highest BCUT2D eigenvalue weighted by molar-refractivity contribution is 5.17. The highest BCUT2D eigenvalue weighted by atomic mass is 16.5. The molecule has 0 fully saturated rings. The molecule has 0 aliphatic carbocycles. The van der Waals surface area contributed by atoms with E-state index in [4.69, 9.17) is 4.52 Å².